The molecule has 1 aliphatic heterocycles. The minimum Gasteiger partial charge on any atom is -0.339 e. The molecule has 1 fully saturated rings. The Balaban J connectivity index is 1.36. The molecule has 7 heteroatoms. The van der Waals surface area contributed by atoms with E-state index >= 15 is 0 Å². The number of fused-ring (bicyclic) bond motifs is 2. The molecule has 1 amide bonds. The zero-order valence-electron chi connectivity index (χ0n) is 16.4. The van der Waals surface area contributed by atoms with Crippen molar-refractivity contribution in [2.45, 2.75) is 25.7 Å². The summed E-state index contributed by atoms with van der Waals surface area (Å²) in [6.45, 7) is 3.17. The first-order valence-corrected chi connectivity index (χ1v) is 11.1. The van der Waals surface area contributed by atoms with Gasteiger partial charge in [-0.3, -0.25) is 9.78 Å². The molecule has 0 spiro atoms. The fourth-order valence-electron chi connectivity index (χ4n) is 4.10. The highest BCUT2D eigenvalue weighted by molar-refractivity contribution is 7.18. The lowest BCUT2D eigenvalue weighted by molar-refractivity contribution is 0.0715. The molecule has 3 heterocycles. The highest BCUT2D eigenvalue weighted by Gasteiger charge is 2.27. The number of carbonyl (C=O) groups is 1. The molecule has 2 aromatic carbocycles. The molecule has 1 saturated heterocycles. The number of halogens is 2. The number of benzene rings is 2. The van der Waals surface area contributed by atoms with Gasteiger partial charge in [-0.05, 0) is 56.2 Å². The fourth-order valence-corrected chi connectivity index (χ4v) is 5.39. The van der Waals surface area contributed by atoms with Gasteiger partial charge in [-0.2, -0.15) is 0 Å². The number of hydrogen-bond donors (Lipinski definition) is 0. The number of hydrogen-bond acceptors (Lipinski definition) is 4. The number of carbonyl (C=O) groups excluding carboxylic acids is 1. The van der Waals surface area contributed by atoms with Gasteiger partial charge < -0.3 is 4.90 Å². The quantitative estimate of drug-likeness (QED) is 0.387. The van der Waals surface area contributed by atoms with E-state index in [1.807, 2.05) is 30.0 Å². The van der Waals surface area contributed by atoms with E-state index in [1.54, 1.807) is 23.5 Å². The van der Waals surface area contributed by atoms with Gasteiger partial charge in [0.05, 0.1) is 26.3 Å². The lowest BCUT2D eigenvalue weighted by Crippen LogP contribution is -2.38. The van der Waals surface area contributed by atoms with Gasteiger partial charge in [-0.15, -0.1) is 11.3 Å². The molecule has 4 nitrogen and oxygen atoms in total. The lowest BCUT2D eigenvalue weighted by atomic mass is 9.96. The van der Waals surface area contributed by atoms with E-state index in [0.29, 0.717) is 46.2 Å². The summed E-state index contributed by atoms with van der Waals surface area (Å²) in [5, 5.41) is 2.50. The van der Waals surface area contributed by atoms with Crippen LogP contribution in [0.5, 0.6) is 0 Å². The summed E-state index contributed by atoms with van der Waals surface area (Å²) < 4.78 is 14.7. The van der Waals surface area contributed by atoms with E-state index in [9.17, 15) is 9.18 Å². The van der Waals surface area contributed by atoms with Crippen LogP contribution in [-0.4, -0.2) is 33.9 Å². The molecule has 0 unspecified atom stereocenters. The molecule has 0 radical (unpaired) electrons. The maximum atomic E-state index is 13.6. The van der Waals surface area contributed by atoms with E-state index < -0.39 is 0 Å². The summed E-state index contributed by atoms with van der Waals surface area (Å²) in [7, 11) is 0. The Morgan fingerprint density at radius 2 is 1.90 bits per heavy atom. The third-order valence-corrected chi connectivity index (χ3v) is 7.06. The smallest absolute Gasteiger partial charge is 0.254 e. The van der Waals surface area contributed by atoms with Crippen molar-refractivity contribution in [3.8, 4) is 0 Å². The first-order chi connectivity index (χ1) is 14.5. The standard InChI is InChI=1S/C23H19ClFN3OS/c1-13-10-18(17-4-3-16(25)12-19(17)26-13)23(29)28-8-6-14(7-9-28)22-27-20-11-15(24)2-5-21(20)30-22/h2-5,10-12,14H,6-9H2,1H3. The Labute approximate surface area is 182 Å². The van der Waals surface area contributed by atoms with Crippen LogP contribution in [0, 0.1) is 12.7 Å². The molecular weight excluding hydrogens is 421 g/mol. The summed E-state index contributed by atoms with van der Waals surface area (Å²) in [6.07, 6.45) is 1.74. The summed E-state index contributed by atoms with van der Waals surface area (Å²) in [6, 6.07) is 12.0. The van der Waals surface area contributed by atoms with Crippen LogP contribution in [0.4, 0.5) is 4.39 Å². The zero-order chi connectivity index (χ0) is 20.8. The Bertz CT molecular complexity index is 1280. The number of pyridine rings is 1. The number of likely N-dealkylation sites (tertiary alicyclic amines) is 1. The molecule has 1 aliphatic rings. The Hall–Kier alpha value is -2.57. The minimum atomic E-state index is -0.350. The van der Waals surface area contributed by atoms with Crippen molar-refractivity contribution in [3.05, 3.63) is 69.6 Å². The molecule has 0 bridgehead atoms. The number of amides is 1. The average Bonchev–Trinajstić information content (AvgIpc) is 3.15. The van der Waals surface area contributed by atoms with Crippen molar-refractivity contribution >= 4 is 50.0 Å². The van der Waals surface area contributed by atoms with Crippen LogP contribution in [0.25, 0.3) is 21.1 Å². The number of nitrogens with zero attached hydrogens (tertiary/aromatic N) is 3. The van der Waals surface area contributed by atoms with Crippen LogP contribution in [0.2, 0.25) is 5.02 Å². The first-order valence-electron chi connectivity index (χ1n) is 9.90. The maximum absolute atomic E-state index is 13.6. The minimum absolute atomic E-state index is 0.0216. The topological polar surface area (TPSA) is 46.1 Å². The van der Waals surface area contributed by atoms with Gasteiger partial charge >= 0.3 is 0 Å². The van der Waals surface area contributed by atoms with Gasteiger partial charge in [-0.1, -0.05) is 11.6 Å². The van der Waals surface area contributed by atoms with Crippen molar-refractivity contribution in [2.75, 3.05) is 13.1 Å². The van der Waals surface area contributed by atoms with Gasteiger partial charge in [0, 0.05) is 41.2 Å². The summed E-state index contributed by atoms with van der Waals surface area (Å²) >= 11 is 7.79. The van der Waals surface area contributed by atoms with E-state index in [1.165, 1.54) is 12.1 Å². The van der Waals surface area contributed by atoms with E-state index in [0.717, 1.165) is 28.1 Å². The Morgan fingerprint density at radius 3 is 2.70 bits per heavy atom. The highest BCUT2D eigenvalue weighted by Crippen LogP contribution is 2.35. The van der Waals surface area contributed by atoms with Gasteiger partial charge in [0.25, 0.3) is 5.91 Å². The SMILES string of the molecule is Cc1cc(C(=O)N2CCC(c3nc4cc(Cl)ccc4s3)CC2)c2ccc(F)cc2n1. The molecule has 30 heavy (non-hydrogen) atoms. The molecule has 152 valence electrons. The fraction of sp³-hybridized carbons (Fsp3) is 0.261. The predicted molar refractivity (Wildman–Crippen MR) is 119 cm³/mol. The average molecular weight is 440 g/mol. The van der Waals surface area contributed by atoms with Crippen molar-refractivity contribution < 1.29 is 9.18 Å². The number of rotatable bonds is 2. The third-order valence-electron chi connectivity index (χ3n) is 5.63. The molecule has 0 aliphatic carbocycles. The summed E-state index contributed by atoms with van der Waals surface area (Å²) in [5.74, 6) is -0.0289. The van der Waals surface area contributed by atoms with Crippen LogP contribution < -0.4 is 0 Å². The lowest BCUT2D eigenvalue weighted by Gasteiger charge is -2.31. The second-order valence-electron chi connectivity index (χ2n) is 7.70. The summed E-state index contributed by atoms with van der Waals surface area (Å²) in [5.41, 5.74) is 2.75. The van der Waals surface area contributed by atoms with Gasteiger partial charge in [0.1, 0.15) is 5.82 Å². The first kappa shape index (κ1) is 19.4. The molecule has 0 N–H and O–H groups in total. The molecule has 0 atom stereocenters. The van der Waals surface area contributed by atoms with Gasteiger partial charge in [-0.25, -0.2) is 9.37 Å². The Kier molecular flexibility index (Phi) is 4.91. The number of piperidine rings is 1. The second-order valence-corrected chi connectivity index (χ2v) is 9.20. The van der Waals surface area contributed by atoms with Crippen LogP contribution in [0.1, 0.15) is 39.8 Å². The highest BCUT2D eigenvalue weighted by atomic mass is 35.5. The summed E-state index contributed by atoms with van der Waals surface area (Å²) in [4.78, 5) is 24.3. The van der Waals surface area contributed by atoms with Crippen LogP contribution >= 0.6 is 22.9 Å². The van der Waals surface area contributed by atoms with Crippen molar-refractivity contribution in [1.82, 2.24) is 14.9 Å². The largest absolute Gasteiger partial charge is 0.339 e. The molecule has 2 aromatic heterocycles. The predicted octanol–water partition coefficient (Wildman–Crippen LogP) is 5.97. The van der Waals surface area contributed by atoms with Crippen LogP contribution in [0.3, 0.4) is 0 Å². The van der Waals surface area contributed by atoms with Crippen LogP contribution in [0.15, 0.2) is 42.5 Å². The Morgan fingerprint density at radius 1 is 1.10 bits per heavy atom. The number of aromatic nitrogens is 2. The van der Waals surface area contributed by atoms with Crippen LogP contribution in [-0.2, 0) is 0 Å². The van der Waals surface area contributed by atoms with E-state index in [-0.39, 0.29) is 11.7 Å². The van der Waals surface area contributed by atoms with Crippen molar-refractivity contribution in [3.63, 3.8) is 0 Å². The number of thiazole rings is 1. The van der Waals surface area contributed by atoms with Crippen molar-refractivity contribution in [1.29, 1.82) is 0 Å². The monoisotopic (exact) mass is 439 g/mol. The molecule has 4 aromatic rings. The molecule has 5 rings (SSSR count). The van der Waals surface area contributed by atoms with Crippen molar-refractivity contribution in [2.24, 2.45) is 0 Å². The van der Waals surface area contributed by atoms with E-state index in [4.69, 9.17) is 16.6 Å². The van der Waals surface area contributed by atoms with Gasteiger partial charge in [0.15, 0.2) is 0 Å². The second kappa shape index (κ2) is 7.60. The van der Waals surface area contributed by atoms with Gasteiger partial charge in [0.2, 0.25) is 0 Å². The molecule has 0 saturated carbocycles. The third kappa shape index (κ3) is 3.55. The number of aryl methyl sites for hydroxylation is 1. The normalized spacial score (nSPS) is 15.2. The molecular formula is C23H19ClFN3OS. The zero-order valence-corrected chi connectivity index (χ0v) is 17.9. The maximum Gasteiger partial charge on any atom is 0.254 e. The van der Waals surface area contributed by atoms with E-state index in [2.05, 4.69) is 4.98 Å².